The number of thioether (sulfide) groups is 1. The van der Waals surface area contributed by atoms with Gasteiger partial charge in [0.25, 0.3) is 5.56 Å². The third-order valence-corrected chi connectivity index (χ3v) is 4.77. The molecule has 0 unspecified atom stereocenters. The first kappa shape index (κ1) is 18.2. The lowest BCUT2D eigenvalue weighted by molar-refractivity contribution is -0.140. The zero-order valence-corrected chi connectivity index (χ0v) is 15.4. The van der Waals surface area contributed by atoms with Gasteiger partial charge in [0.15, 0.2) is 5.16 Å². The van der Waals surface area contributed by atoms with Crippen LogP contribution in [0.4, 0.5) is 0 Å². The van der Waals surface area contributed by atoms with E-state index in [1.165, 1.54) is 16.3 Å². The molecule has 0 spiro atoms. The molecule has 2 heterocycles. The van der Waals surface area contributed by atoms with E-state index < -0.39 is 0 Å². The molecule has 0 aliphatic rings. The first-order valence-electron chi connectivity index (χ1n) is 8.43. The Morgan fingerprint density at radius 3 is 2.92 bits per heavy atom. The molecule has 0 atom stereocenters. The van der Waals surface area contributed by atoms with Crippen molar-refractivity contribution in [3.05, 3.63) is 47.3 Å². The molecular formula is C18H20N4O3S. The quantitative estimate of drug-likeness (QED) is 0.262. The summed E-state index contributed by atoms with van der Waals surface area (Å²) >= 11 is 1.24. The van der Waals surface area contributed by atoms with E-state index in [1.807, 2.05) is 25.1 Å². The minimum absolute atomic E-state index is 0.138. The summed E-state index contributed by atoms with van der Waals surface area (Å²) < 4.78 is 8.49. The molecule has 0 aliphatic heterocycles. The van der Waals surface area contributed by atoms with Crippen LogP contribution in [0.2, 0.25) is 0 Å². The second kappa shape index (κ2) is 8.18. The fourth-order valence-electron chi connectivity index (χ4n) is 2.62. The molecule has 2 aromatic heterocycles. The van der Waals surface area contributed by atoms with Crippen molar-refractivity contribution in [2.45, 2.75) is 31.5 Å². The Morgan fingerprint density at radius 1 is 1.35 bits per heavy atom. The summed E-state index contributed by atoms with van der Waals surface area (Å²) in [6, 6.07) is 7.28. The molecule has 3 aromatic rings. The Morgan fingerprint density at radius 2 is 2.15 bits per heavy atom. The summed E-state index contributed by atoms with van der Waals surface area (Å²) in [7, 11) is 0. The monoisotopic (exact) mass is 372 g/mol. The second-order valence-corrected chi connectivity index (χ2v) is 6.64. The van der Waals surface area contributed by atoms with Crippen LogP contribution in [0.3, 0.4) is 0 Å². The van der Waals surface area contributed by atoms with Gasteiger partial charge in [-0.3, -0.25) is 18.6 Å². The summed E-state index contributed by atoms with van der Waals surface area (Å²) in [4.78, 5) is 24.6. The van der Waals surface area contributed by atoms with Gasteiger partial charge in [0.2, 0.25) is 5.78 Å². The number of unbranched alkanes of at least 4 members (excludes halogenated alkanes) is 1. The molecule has 0 saturated heterocycles. The van der Waals surface area contributed by atoms with Crippen LogP contribution in [0, 0.1) is 0 Å². The second-order valence-electron chi connectivity index (χ2n) is 5.70. The first-order chi connectivity index (χ1) is 12.7. The maximum Gasteiger partial charge on any atom is 0.316 e. The Balaban J connectivity index is 1.99. The summed E-state index contributed by atoms with van der Waals surface area (Å²) in [5.41, 5.74) is 0.565. The van der Waals surface area contributed by atoms with Crippen molar-refractivity contribution in [3.8, 4) is 0 Å². The van der Waals surface area contributed by atoms with Gasteiger partial charge in [-0.05, 0) is 18.6 Å². The molecule has 3 rings (SSSR count). The number of ether oxygens (including phenoxy) is 1. The lowest BCUT2D eigenvalue weighted by Crippen LogP contribution is -2.22. The van der Waals surface area contributed by atoms with Crippen LogP contribution in [0.5, 0.6) is 0 Å². The maximum atomic E-state index is 12.7. The number of rotatable bonds is 8. The minimum atomic E-state index is -0.288. The van der Waals surface area contributed by atoms with Crippen molar-refractivity contribution >= 4 is 34.4 Å². The average Bonchev–Trinajstić information content (AvgIpc) is 3.07. The first-order valence-corrected chi connectivity index (χ1v) is 9.42. The Hall–Kier alpha value is -2.61. The molecule has 0 fully saturated rings. The molecule has 0 bridgehead atoms. The van der Waals surface area contributed by atoms with Crippen molar-refractivity contribution in [1.82, 2.24) is 19.2 Å². The van der Waals surface area contributed by atoms with Crippen molar-refractivity contribution < 1.29 is 9.53 Å². The van der Waals surface area contributed by atoms with E-state index in [1.54, 1.807) is 16.5 Å². The number of hydrogen-bond donors (Lipinski definition) is 0. The van der Waals surface area contributed by atoms with Gasteiger partial charge in [-0.25, -0.2) is 0 Å². The summed E-state index contributed by atoms with van der Waals surface area (Å²) in [5, 5.41) is 9.44. The maximum absolute atomic E-state index is 12.7. The lowest BCUT2D eigenvalue weighted by atomic mass is 10.2. The molecular weight excluding hydrogens is 352 g/mol. The number of fused-ring (bicyclic) bond motifs is 3. The zero-order valence-electron chi connectivity index (χ0n) is 14.6. The molecule has 7 nitrogen and oxygen atoms in total. The Kier molecular flexibility index (Phi) is 5.72. The molecule has 26 heavy (non-hydrogen) atoms. The Bertz CT molecular complexity index is 1010. The summed E-state index contributed by atoms with van der Waals surface area (Å²) in [5.74, 6) is 0.277. The fourth-order valence-corrected chi connectivity index (χ4v) is 3.35. The van der Waals surface area contributed by atoms with Gasteiger partial charge in [-0.2, -0.15) is 0 Å². The van der Waals surface area contributed by atoms with E-state index in [9.17, 15) is 9.59 Å². The molecule has 136 valence electrons. The molecule has 0 amide bonds. The van der Waals surface area contributed by atoms with Crippen LogP contribution >= 0.6 is 11.8 Å². The minimum Gasteiger partial charge on any atom is -0.465 e. The predicted octanol–water partition coefficient (Wildman–Crippen LogP) is 2.67. The normalized spacial score (nSPS) is 11.1. The number of aromatic nitrogens is 4. The standard InChI is InChI=1S/C18H20N4O3S/c1-3-5-11-25-15(23)12-26-18-20-19-17-21(10-4-2)16(24)13-8-6-7-9-14(13)22(17)18/h4,6-9H,2-3,5,10-12H2,1H3. The zero-order chi connectivity index (χ0) is 18.5. The van der Waals surface area contributed by atoms with Gasteiger partial charge in [0.05, 0.1) is 23.3 Å². The van der Waals surface area contributed by atoms with Gasteiger partial charge in [0, 0.05) is 6.54 Å². The highest BCUT2D eigenvalue weighted by Crippen LogP contribution is 2.21. The third-order valence-electron chi connectivity index (χ3n) is 3.87. The van der Waals surface area contributed by atoms with Crippen LogP contribution in [0.25, 0.3) is 16.7 Å². The molecule has 8 heteroatoms. The number of carbonyl (C=O) groups is 1. The van der Waals surface area contributed by atoms with Gasteiger partial charge >= 0.3 is 5.97 Å². The number of allylic oxidation sites excluding steroid dienone is 1. The number of para-hydroxylation sites is 1. The van der Waals surface area contributed by atoms with E-state index in [-0.39, 0.29) is 17.3 Å². The van der Waals surface area contributed by atoms with E-state index in [4.69, 9.17) is 4.74 Å². The van der Waals surface area contributed by atoms with E-state index in [2.05, 4.69) is 16.8 Å². The van der Waals surface area contributed by atoms with Crippen molar-refractivity contribution in [2.75, 3.05) is 12.4 Å². The van der Waals surface area contributed by atoms with Crippen molar-refractivity contribution in [2.24, 2.45) is 0 Å². The van der Waals surface area contributed by atoms with Crippen molar-refractivity contribution in [3.63, 3.8) is 0 Å². The van der Waals surface area contributed by atoms with E-state index >= 15 is 0 Å². The van der Waals surface area contributed by atoms with Crippen LogP contribution < -0.4 is 5.56 Å². The highest BCUT2D eigenvalue weighted by atomic mass is 32.2. The molecule has 0 aliphatic carbocycles. The van der Waals surface area contributed by atoms with Gasteiger partial charge in [-0.15, -0.1) is 16.8 Å². The van der Waals surface area contributed by atoms with E-state index in [0.29, 0.717) is 35.0 Å². The van der Waals surface area contributed by atoms with E-state index in [0.717, 1.165) is 12.8 Å². The number of benzene rings is 1. The average molecular weight is 372 g/mol. The number of nitrogens with zero attached hydrogens (tertiary/aromatic N) is 4. The van der Waals surface area contributed by atoms with Gasteiger partial charge in [-0.1, -0.05) is 43.3 Å². The SMILES string of the molecule is C=CCn1c(=O)c2ccccc2n2c(SCC(=O)OCCCC)nnc12. The lowest BCUT2D eigenvalue weighted by Gasteiger charge is -2.09. The number of esters is 1. The van der Waals surface area contributed by atoms with Crippen LogP contribution in [0.15, 0.2) is 46.9 Å². The van der Waals surface area contributed by atoms with Crippen LogP contribution in [-0.4, -0.2) is 37.5 Å². The molecule has 0 saturated carbocycles. The van der Waals surface area contributed by atoms with Crippen molar-refractivity contribution in [1.29, 1.82) is 0 Å². The highest BCUT2D eigenvalue weighted by molar-refractivity contribution is 7.99. The van der Waals surface area contributed by atoms with Gasteiger partial charge < -0.3 is 4.74 Å². The smallest absolute Gasteiger partial charge is 0.316 e. The summed E-state index contributed by atoms with van der Waals surface area (Å²) in [6.45, 7) is 6.50. The van der Waals surface area contributed by atoms with Crippen LogP contribution in [-0.2, 0) is 16.1 Å². The largest absolute Gasteiger partial charge is 0.465 e. The highest BCUT2D eigenvalue weighted by Gasteiger charge is 2.17. The molecule has 0 N–H and O–H groups in total. The number of hydrogen-bond acceptors (Lipinski definition) is 6. The molecule has 0 radical (unpaired) electrons. The number of carbonyl (C=O) groups excluding carboxylic acids is 1. The fraction of sp³-hybridized carbons (Fsp3) is 0.333. The Labute approximate surface area is 154 Å². The summed E-state index contributed by atoms with van der Waals surface area (Å²) in [6.07, 6.45) is 3.47. The third kappa shape index (κ3) is 3.50. The predicted molar refractivity (Wildman–Crippen MR) is 102 cm³/mol. The molecule has 1 aromatic carbocycles. The topological polar surface area (TPSA) is 78.5 Å². The van der Waals surface area contributed by atoms with Gasteiger partial charge in [0.1, 0.15) is 0 Å². The van der Waals surface area contributed by atoms with Crippen LogP contribution in [0.1, 0.15) is 19.8 Å².